The summed E-state index contributed by atoms with van der Waals surface area (Å²) in [6, 6.07) is 0. The van der Waals surface area contributed by atoms with Crippen LogP contribution in [0.5, 0.6) is 0 Å². The van der Waals surface area contributed by atoms with Gasteiger partial charge in [-0.1, -0.05) is 34.6 Å². The molecule has 0 aliphatic heterocycles. The predicted molar refractivity (Wildman–Crippen MR) is 74.7 cm³/mol. The Labute approximate surface area is 108 Å². The number of anilines is 1. The second-order valence-corrected chi connectivity index (χ2v) is 6.51. The Hall–Kier alpha value is -0.680. The number of hydrogen-bond acceptors (Lipinski definition) is 5. The van der Waals surface area contributed by atoms with Gasteiger partial charge in [-0.25, -0.2) is 4.98 Å². The Morgan fingerprint density at radius 3 is 2.41 bits per heavy atom. The van der Waals surface area contributed by atoms with Gasteiger partial charge in [0.15, 0.2) is 0 Å². The molecule has 0 radical (unpaired) electrons. The number of nitrogens with two attached hydrogens (primary N) is 1. The molecule has 0 aliphatic rings. The maximum absolute atomic E-state index is 5.65. The van der Waals surface area contributed by atoms with Gasteiger partial charge in [0.05, 0.1) is 0 Å². The average molecular weight is 256 g/mol. The fraction of sp³-hybridized carbons (Fsp3) is 0.833. The minimum Gasteiger partial charge on any atom is -0.345 e. The van der Waals surface area contributed by atoms with E-state index in [1.165, 1.54) is 11.5 Å². The first-order chi connectivity index (χ1) is 7.84. The maximum Gasteiger partial charge on any atom is 0.205 e. The van der Waals surface area contributed by atoms with E-state index in [9.17, 15) is 0 Å². The summed E-state index contributed by atoms with van der Waals surface area (Å²) in [5.41, 5.74) is 5.66. The molecule has 17 heavy (non-hydrogen) atoms. The highest BCUT2D eigenvalue weighted by atomic mass is 32.1. The Kier molecular flexibility index (Phi) is 4.89. The van der Waals surface area contributed by atoms with Crippen molar-refractivity contribution in [2.75, 3.05) is 24.5 Å². The molecule has 1 aromatic heterocycles. The van der Waals surface area contributed by atoms with Gasteiger partial charge in [-0.15, -0.1) is 0 Å². The predicted octanol–water partition coefficient (Wildman–Crippen LogP) is 2.26. The van der Waals surface area contributed by atoms with Gasteiger partial charge < -0.3 is 10.6 Å². The third-order valence-electron chi connectivity index (χ3n) is 2.34. The lowest BCUT2D eigenvalue weighted by Gasteiger charge is -2.22. The molecule has 1 rings (SSSR count). The summed E-state index contributed by atoms with van der Waals surface area (Å²) in [7, 11) is 0. The van der Waals surface area contributed by atoms with Crippen LogP contribution in [-0.4, -0.2) is 29.0 Å². The molecule has 0 atom stereocenters. The molecule has 4 nitrogen and oxygen atoms in total. The fourth-order valence-corrected chi connectivity index (χ4v) is 2.40. The van der Waals surface area contributed by atoms with E-state index in [1.54, 1.807) is 0 Å². The average Bonchev–Trinajstić information content (AvgIpc) is 2.64. The van der Waals surface area contributed by atoms with Crippen LogP contribution in [0.2, 0.25) is 0 Å². The lowest BCUT2D eigenvalue weighted by atomic mass is 9.96. The summed E-state index contributed by atoms with van der Waals surface area (Å²) in [6.07, 6.45) is 0. The van der Waals surface area contributed by atoms with Crippen LogP contribution in [0.15, 0.2) is 0 Å². The molecule has 0 fully saturated rings. The lowest BCUT2D eigenvalue weighted by Crippen LogP contribution is -2.32. The smallest absolute Gasteiger partial charge is 0.205 e. The van der Waals surface area contributed by atoms with Crippen LogP contribution in [0, 0.1) is 5.92 Å². The Morgan fingerprint density at radius 1 is 1.35 bits per heavy atom. The van der Waals surface area contributed by atoms with Gasteiger partial charge in [-0.2, -0.15) is 4.37 Å². The molecule has 98 valence electrons. The van der Waals surface area contributed by atoms with Crippen molar-refractivity contribution in [3.8, 4) is 0 Å². The first-order valence-electron chi connectivity index (χ1n) is 6.13. The molecule has 0 saturated heterocycles. The van der Waals surface area contributed by atoms with Gasteiger partial charge in [-0.05, 0) is 5.92 Å². The quantitative estimate of drug-likeness (QED) is 0.878. The van der Waals surface area contributed by atoms with Crippen LogP contribution in [0.1, 0.15) is 40.4 Å². The zero-order chi connectivity index (χ0) is 13.1. The third-order valence-corrected chi connectivity index (χ3v) is 3.12. The van der Waals surface area contributed by atoms with E-state index >= 15 is 0 Å². The molecule has 1 aromatic rings. The Balaban J connectivity index is 2.84. The van der Waals surface area contributed by atoms with Crippen LogP contribution in [0.4, 0.5) is 5.13 Å². The van der Waals surface area contributed by atoms with Crippen molar-refractivity contribution in [2.24, 2.45) is 11.7 Å². The zero-order valence-electron chi connectivity index (χ0n) is 11.5. The topological polar surface area (TPSA) is 55.0 Å². The fourth-order valence-electron chi connectivity index (χ4n) is 1.51. The van der Waals surface area contributed by atoms with Crippen molar-refractivity contribution in [3.63, 3.8) is 0 Å². The van der Waals surface area contributed by atoms with E-state index in [4.69, 9.17) is 5.73 Å². The van der Waals surface area contributed by atoms with Crippen LogP contribution in [0.25, 0.3) is 0 Å². The van der Waals surface area contributed by atoms with Gasteiger partial charge in [0, 0.05) is 36.6 Å². The molecule has 0 aromatic carbocycles. The summed E-state index contributed by atoms with van der Waals surface area (Å²) in [4.78, 5) is 6.86. The first-order valence-corrected chi connectivity index (χ1v) is 6.91. The lowest BCUT2D eigenvalue weighted by molar-refractivity contribution is 0.552. The van der Waals surface area contributed by atoms with Gasteiger partial charge >= 0.3 is 0 Å². The highest BCUT2D eigenvalue weighted by molar-refractivity contribution is 7.09. The van der Waals surface area contributed by atoms with Crippen LogP contribution < -0.4 is 10.6 Å². The molecule has 0 saturated carbocycles. The SMILES string of the molecule is CC(C)CN(CCN)c1nc(C(C)(C)C)ns1. The van der Waals surface area contributed by atoms with E-state index in [1.807, 2.05) is 0 Å². The number of aromatic nitrogens is 2. The van der Waals surface area contributed by atoms with Crippen LogP contribution in [-0.2, 0) is 5.41 Å². The Morgan fingerprint density at radius 2 is 2.00 bits per heavy atom. The number of nitrogens with zero attached hydrogens (tertiary/aromatic N) is 3. The van der Waals surface area contributed by atoms with E-state index in [0.29, 0.717) is 12.5 Å². The molecule has 5 heteroatoms. The Bertz CT molecular complexity index is 341. The minimum absolute atomic E-state index is 0.0148. The molecule has 0 bridgehead atoms. The molecule has 1 heterocycles. The van der Waals surface area contributed by atoms with Gasteiger partial charge in [0.1, 0.15) is 5.82 Å². The van der Waals surface area contributed by atoms with Crippen molar-refractivity contribution >= 4 is 16.7 Å². The zero-order valence-corrected chi connectivity index (χ0v) is 12.3. The molecule has 0 unspecified atom stereocenters. The minimum atomic E-state index is 0.0148. The normalized spacial score (nSPS) is 12.2. The van der Waals surface area contributed by atoms with Crippen LogP contribution >= 0.6 is 11.5 Å². The van der Waals surface area contributed by atoms with E-state index < -0.39 is 0 Å². The van der Waals surface area contributed by atoms with Crippen molar-refractivity contribution in [1.82, 2.24) is 9.36 Å². The number of rotatable bonds is 5. The van der Waals surface area contributed by atoms with Crippen molar-refractivity contribution in [1.29, 1.82) is 0 Å². The maximum atomic E-state index is 5.65. The van der Waals surface area contributed by atoms with Crippen molar-refractivity contribution in [3.05, 3.63) is 5.82 Å². The van der Waals surface area contributed by atoms with Gasteiger partial charge in [0.25, 0.3) is 0 Å². The summed E-state index contributed by atoms with van der Waals surface area (Å²) < 4.78 is 4.45. The van der Waals surface area contributed by atoms with Crippen molar-refractivity contribution in [2.45, 2.75) is 40.0 Å². The highest BCUT2D eigenvalue weighted by Crippen LogP contribution is 2.25. The van der Waals surface area contributed by atoms with E-state index in [0.717, 1.165) is 24.0 Å². The van der Waals surface area contributed by atoms with E-state index in [2.05, 4.69) is 48.9 Å². The van der Waals surface area contributed by atoms with Gasteiger partial charge in [0.2, 0.25) is 5.13 Å². The summed E-state index contributed by atoms with van der Waals surface area (Å²) in [6.45, 7) is 13.3. The van der Waals surface area contributed by atoms with Crippen LogP contribution in [0.3, 0.4) is 0 Å². The largest absolute Gasteiger partial charge is 0.345 e. The molecule has 0 amide bonds. The van der Waals surface area contributed by atoms with E-state index in [-0.39, 0.29) is 5.41 Å². The third kappa shape index (κ3) is 4.24. The summed E-state index contributed by atoms with van der Waals surface area (Å²) in [5, 5.41) is 0.995. The van der Waals surface area contributed by atoms with Gasteiger partial charge in [-0.3, -0.25) is 0 Å². The molecule has 2 N–H and O–H groups in total. The standard InChI is InChI=1S/C12H24N4S/c1-9(2)8-16(7-6-13)11-14-10(15-17-11)12(3,4)5/h9H,6-8,13H2,1-5H3. The summed E-state index contributed by atoms with van der Waals surface area (Å²) in [5.74, 6) is 1.52. The van der Waals surface area contributed by atoms with Crippen molar-refractivity contribution < 1.29 is 0 Å². The molecular weight excluding hydrogens is 232 g/mol. The molecular formula is C12H24N4S. The highest BCUT2D eigenvalue weighted by Gasteiger charge is 2.21. The monoisotopic (exact) mass is 256 g/mol. The number of hydrogen-bond donors (Lipinski definition) is 1. The molecule has 0 spiro atoms. The first kappa shape index (κ1) is 14.4. The second-order valence-electron chi connectivity index (χ2n) is 5.78. The molecule has 0 aliphatic carbocycles. The second kappa shape index (κ2) is 5.78. The summed E-state index contributed by atoms with van der Waals surface area (Å²) >= 11 is 1.48.